The fourth-order valence-electron chi connectivity index (χ4n) is 5.82. The van der Waals surface area contributed by atoms with Crippen molar-refractivity contribution in [2.45, 2.75) is 31.7 Å². The Kier molecular flexibility index (Phi) is 4.47. The van der Waals surface area contributed by atoms with Crippen molar-refractivity contribution >= 4 is 44.1 Å². The number of carboxylic acids is 1. The minimum absolute atomic E-state index is 0.130. The van der Waals surface area contributed by atoms with Crippen molar-refractivity contribution in [3.8, 4) is 11.1 Å². The highest BCUT2D eigenvalue weighted by molar-refractivity contribution is 7.17. The summed E-state index contributed by atoms with van der Waals surface area (Å²) in [6.45, 7) is 0. The molecule has 8 heteroatoms. The number of halogens is 2. The first-order chi connectivity index (χ1) is 15.5. The van der Waals surface area contributed by atoms with E-state index in [-0.39, 0.29) is 23.7 Å². The van der Waals surface area contributed by atoms with E-state index in [2.05, 4.69) is 15.3 Å². The second-order valence-electron chi connectivity index (χ2n) is 8.91. The molecule has 7 rings (SSSR count). The van der Waals surface area contributed by atoms with Crippen LogP contribution in [0.3, 0.4) is 0 Å². The number of pyridine rings is 1. The van der Waals surface area contributed by atoms with Crippen LogP contribution in [0.25, 0.3) is 32.2 Å². The van der Waals surface area contributed by atoms with Crippen LogP contribution in [0.1, 0.15) is 25.7 Å². The minimum Gasteiger partial charge on any atom is -0.481 e. The van der Waals surface area contributed by atoms with E-state index >= 15 is 4.39 Å². The third kappa shape index (κ3) is 2.92. The number of nitrogens with zero attached hydrogens (tertiary/aromatic N) is 1. The molecule has 4 aromatic rings. The van der Waals surface area contributed by atoms with Gasteiger partial charge in [0, 0.05) is 28.6 Å². The minimum atomic E-state index is -0.812. The third-order valence-electron chi connectivity index (χ3n) is 7.29. The topological polar surface area (TPSA) is 78.0 Å². The van der Waals surface area contributed by atoms with Crippen molar-refractivity contribution in [1.82, 2.24) is 9.97 Å². The molecule has 3 fully saturated rings. The summed E-state index contributed by atoms with van der Waals surface area (Å²) in [5.41, 5.74) is 2.35. The van der Waals surface area contributed by atoms with Crippen LogP contribution >= 0.6 is 11.3 Å². The first-order valence-electron chi connectivity index (χ1n) is 10.8. The van der Waals surface area contributed by atoms with Crippen molar-refractivity contribution in [3.63, 3.8) is 0 Å². The molecular weight excluding hydrogens is 432 g/mol. The Morgan fingerprint density at radius 2 is 1.91 bits per heavy atom. The number of carboxylic acid groups (broad SMARTS) is 1. The number of carbonyl (C=O) groups is 1. The van der Waals surface area contributed by atoms with Crippen LogP contribution in [-0.4, -0.2) is 27.1 Å². The quantitative estimate of drug-likeness (QED) is 0.353. The molecule has 3 heterocycles. The number of fused-ring (bicyclic) bond motifs is 5. The molecule has 2 bridgehead atoms. The van der Waals surface area contributed by atoms with Gasteiger partial charge in [-0.15, -0.1) is 11.3 Å². The normalized spacial score (nSPS) is 24.9. The average Bonchev–Trinajstić information content (AvgIpc) is 3.44. The van der Waals surface area contributed by atoms with Gasteiger partial charge in [0.15, 0.2) is 5.82 Å². The molecule has 1 aromatic carbocycles. The van der Waals surface area contributed by atoms with Gasteiger partial charge in [-0.05, 0) is 66.7 Å². The first-order valence-corrected chi connectivity index (χ1v) is 11.7. The van der Waals surface area contributed by atoms with E-state index < -0.39 is 17.7 Å². The van der Waals surface area contributed by atoms with Crippen LogP contribution in [-0.2, 0) is 4.79 Å². The zero-order valence-corrected chi connectivity index (χ0v) is 17.9. The number of benzene rings is 1. The van der Waals surface area contributed by atoms with E-state index in [0.29, 0.717) is 21.4 Å². The molecule has 32 heavy (non-hydrogen) atoms. The van der Waals surface area contributed by atoms with E-state index in [4.69, 9.17) is 0 Å². The van der Waals surface area contributed by atoms with E-state index in [9.17, 15) is 14.3 Å². The summed E-state index contributed by atoms with van der Waals surface area (Å²) in [6, 6.07) is 4.71. The van der Waals surface area contributed by atoms with Crippen molar-refractivity contribution in [2.75, 3.05) is 5.32 Å². The van der Waals surface area contributed by atoms with Crippen molar-refractivity contribution in [1.29, 1.82) is 0 Å². The Hall–Kier alpha value is -3.00. The summed E-state index contributed by atoms with van der Waals surface area (Å²) in [7, 11) is 0. The van der Waals surface area contributed by atoms with Crippen LogP contribution in [0.2, 0.25) is 0 Å². The Bertz CT molecular complexity index is 1360. The molecule has 3 N–H and O–H groups in total. The summed E-state index contributed by atoms with van der Waals surface area (Å²) >= 11 is 1.30. The molecule has 0 aliphatic heterocycles. The summed E-state index contributed by atoms with van der Waals surface area (Å²) in [5.74, 6) is -1.79. The SMILES string of the molecule is O=C(O)[C@H]1C2CCC(CC2)C1Nc1cc(-c2c[nH]c3ncc(F)cc23)c2ccsc2c1F. The van der Waals surface area contributed by atoms with Gasteiger partial charge in [0.1, 0.15) is 11.5 Å². The maximum absolute atomic E-state index is 15.5. The van der Waals surface area contributed by atoms with Crippen LogP contribution < -0.4 is 5.32 Å². The number of rotatable bonds is 4. The lowest BCUT2D eigenvalue weighted by atomic mass is 9.61. The van der Waals surface area contributed by atoms with Gasteiger partial charge < -0.3 is 15.4 Å². The van der Waals surface area contributed by atoms with Gasteiger partial charge in [-0.2, -0.15) is 0 Å². The largest absolute Gasteiger partial charge is 0.481 e. The highest BCUT2D eigenvalue weighted by Gasteiger charge is 2.47. The molecule has 3 aliphatic rings. The molecule has 0 amide bonds. The molecule has 2 atom stereocenters. The number of aliphatic carboxylic acids is 1. The van der Waals surface area contributed by atoms with Crippen molar-refractivity contribution in [3.05, 3.63) is 47.6 Å². The second-order valence-corrected chi connectivity index (χ2v) is 9.83. The maximum Gasteiger partial charge on any atom is 0.308 e. The fraction of sp³-hybridized carbons (Fsp3) is 0.333. The molecule has 0 spiro atoms. The standard InChI is InChI=1S/C24H21F2N3O2S/c25-13-7-16-17(10-28-23(16)27-9-13)15-8-18(20(26)22-14(15)5-6-32-22)29-21-12-3-1-11(2-4-12)19(21)24(30)31/h5-12,19,21,29H,1-4H2,(H,27,28)(H,30,31)/t11?,12?,19-,21?/m0/s1. The Balaban J connectivity index is 1.49. The number of hydrogen-bond acceptors (Lipinski definition) is 4. The summed E-state index contributed by atoms with van der Waals surface area (Å²) in [5, 5.41) is 16.4. The van der Waals surface area contributed by atoms with Gasteiger partial charge in [-0.1, -0.05) is 0 Å². The summed E-state index contributed by atoms with van der Waals surface area (Å²) in [6.07, 6.45) is 6.69. The smallest absolute Gasteiger partial charge is 0.308 e. The molecule has 3 aromatic heterocycles. The van der Waals surface area contributed by atoms with Crippen LogP contribution in [0.15, 0.2) is 36.0 Å². The van der Waals surface area contributed by atoms with Gasteiger partial charge in [0.05, 0.1) is 22.5 Å². The van der Waals surface area contributed by atoms with Gasteiger partial charge >= 0.3 is 5.97 Å². The van der Waals surface area contributed by atoms with Crippen LogP contribution in [0, 0.1) is 29.4 Å². The fourth-order valence-corrected chi connectivity index (χ4v) is 6.68. The second kappa shape index (κ2) is 7.27. The molecule has 164 valence electrons. The number of thiophene rings is 1. The van der Waals surface area contributed by atoms with Gasteiger partial charge in [-0.3, -0.25) is 4.79 Å². The maximum atomic E-state index is 15.5. The number of aromatic amines is 1. The highest BCUT2D eigenvalue weighted by Crippen LogP contribution is 2.47. The van der Waals surface area contributed by atoms with E-state index in [0.717, 1.165) is 48.4 Å². The number of hydrogen-bond donors (Lipinski definition) is 3. The van der Waals surface area contributed by atoms with E-state index in [1.54, 1.807) is 12.3 Å². The lowest BCUT2D eigenvalue weighted by Crippen LogP contribution is -2.51. The van der Waals surface area contributed by atoms with Gasteiger partial charge in [0.25, 0.3) is 0 Å². The number of H-pyrrole nitrogens is 1. The Labute approximate surface area is 186 Å². The van der Waals surface area contributed by atoms with Crippen molar-refractivity contribution < 1.29 is 18.7 Å². The third-order valence-corrected chi connectivity index (χ3v) is 8.20. The molecule has 5 nitrogen and oxygen atoms in total. The van der Waals surface area contributed by atoms with Crippen LogP contribution in [0.4, 0.5) is 14.5 Å². The van der Waals surface area contributed by atoms with Crippen LogP contribution in [0.5, 0.6) is 0 Å². The summed E-state index contributed by atoms with van der Waals surface area (Å²) < 4.78 is 30.0. The molecule has 3 saturated carbocycles. The molecular formula is C24H21F2N3O2S. The Morgan fingerprint density at radius 3 is 2.69 bits per heavy atom. The van der Waals surface area contributed by atoms with Crippen molar-refractivity contribution in [2.24, 2.45) is 17.8 Å². The zero-order valence-electron chi connectivity index (χ0n) is 17.1. The van der Waals surface area contributed by atoms with Gasteiger partial charge in [-0.25, -0.2) is 13.8 Å². The molecule has 0 radical (unpaired) electrons. The van der Waals surface area contributed by atoms with Gasteiger partial charge in [0.2, 0.25) is 0 Å². The average molecular weight is 454 g/mol. The van der Waals surface area contributed by atoms with E-state index in [1.807, 2.05) is 11.4 Å². The monoisotopic (exact) mass is 453 g/mol. The number of anilines is 1. The first kappa shape index (κ1) is 19.7. The zero-order chi connectivity index (χ0) is 22.0. The molecule has 1 unspecified atom stereocenters. The lowest BCUT2D eigenvalue weighted by Gasteiger charge is -2.47. The highest BCUT2D eigenvalue weighted by atomic mass is 32.1. The predicted octanol–water partition coefficient (Wildman–Crippen LogP) is 6.02. The predicted molar refractivity (Wildman–Crippen MR) is 121 cm³/mol. The Morgan fingerprint density at radius 1 is 1.12 bits per heavy atom. The number of nitrogens with one attached hydrogen (secondary N) is 2. The molecule has 0 saturated heterocycles. The molecule has 3 aliphatic carbocycles. The number of aromatic nitrogens is 2. The van der Waals surface area contributed by atoms with E-state index in [1.165, 1.54) is 17.4 Å². The summed E-state index contributed by atoms with van der Waals surface area (Å²) in [4.78, 5) is 19.2. The lowest BCUT2D eigenvalue weighted by molar-refractivity contribution is -0.148.